The summed E-state index contributed by atoms with van der Waals surface area (Å²) >= 11 is 1.57. The minimum absolute atomic E-state index is 0.133. The molecule has 5 nitrogen and oxygen atoms in total. The molecule has 1 aliphatic carbocycles. The van der Waals surface area contributed by atoms with Gasteiger partial charge in [0.15, 0.2) is 0 Å². The van der Waals surface area contributed by atoms with Crippen molar-refractivity contribution in [3.05, 3.63) is 71.1 Å². The molecule has 32 heavy (non-hydrogen) atoms. The first kappa shape index (κ1) is 22.4. The van der Waals surface area contributed by atoms with Gasteiger partial charge in [-0.15, -0.1) is 0 Å². The molecule has 2 amide bonds. The van der Waals surface area contributed by atoms with Crippen molar-refractivity contribution in [2.24, 2.45) is 0 Å². The summed E-state index contributed by atoms with van der Waals surface area (Å²) in [5, 5.41) is 9.14. The van der Waals surface area contributed by atoms with Gasteiger partial charge in [-0.3, -0.25) is 9.59 Å². The zero-order chi connectivity index (χ0) is 22.3. The number of thioether (sulfide) groups is 1. The molecule has 1 atom stereocenters. The van der Waals surface area contributed by atoms with Crippen molar-refractivity contribution in [3.8, 4) is 0 Å². The van der Waals surface area contributed by atoms with Gasteiger partial charge < -0.3 is 16.0 Å². The Kier molecular flexibility index (Phi) is 7.47. The number of benzene rings is 2. The van der Waals surface area contributed by atoms with E-state index >= 15 is 0 Å². The third kappa shape index (κ3) is 5.91. The van der Waals surface area contributed by atoms with Gasteiger partial charge in [0, 0.05) is 23.6 Å². The third-order valence-corrected chi connectivity index (χ3v) is 6.85. The van der Waals surface area contributed by atoms with E-state index in [9.17, 15) is 14.0 Å². The molecular weight excluding hydrogens is 425 g/mol. The third-order valence-electron chi connectivity index (χ3n) is 5.74. The zero-order valence-electron chi connectivity index (χ0n) is 18.0. The summed E-state index contributed by atoms with van der Waals surface area (Å²) in [4.78, 5) is 25.1. The van der Waals surface area contributed by atoms with Gasteiger partial charge in [-0.1, -0.05) is 23.8 Å². The van der Waals surface area contributed by atoms with Crippen LogP contribution in [0.5, 0.6) is 0 Å². The van der Waals surface area contributed by atoms with Gasteiger partial charge in [0.25, 0.3) is 5.91 Å². The lowest BCUT2D eigenvalue weighted by atomic mass is 9.97. The van der Waals surface area contributed by atoms with Gasteiger partial charge >= 0.3 is 0 Å². The van der Waals surface area contributed by atoms with Crippen molar-refractivity contribution in [2.45, 2.75) is 43.9 Å². The number of carbonyl (C=O) groups is 2. The average molecular weight is 454 g/mol. The van der Waals surface area contributed by atoms with E-state index in [2.05, 4.69) is 22.0 Å². The summed E-state index contributed by atoms with van der Waals surface area (Å²) in [5.41, 5.74) is 4.26. The lowest BCUT2D eigenvalue weighted by Gasteiger charge is -2.27. The predicted molar refractivity (Wildman–Crippen MR) is 129 cm³/mol. The van der Waals surface area contributed by atoms with Crippen LogP contribution < -0.4 is 16.0 Å². The van der Waals surface area contributed by atoms with Crippen molar-refractivity contribution in [2.75, 3.05) is 22.9 Å². The van der Waals surface area contributed by atoms with E-state index in [1.807, 2.05) is 12.1 Å². The van der Waals surface area contributed by atoms with Crippen LogP contribution in [0.4, 0.5) is 15.8 Å². The maximum atomic E-state index is 13.3. The predicted octanol–water partition coefficient (Wildman–Crippen LogP) is 5.11. The number of halogens is 1. The largest absolute Gasteiger partial charge is 0.371 e. The molecule has 7 heteroatoms. The fourth-order valence-corrected chi connectivity index (χ4v) is 5.00. The molecule has 0 spiro atoms. The van der Waals surface area contributed by atoms with E-state index in [-0.39, 0.29) is 23.7 Å². The summed E-state index contributed by atoms with van der Waals surface area (Å²) in [7, 11) is 0. The fourth-order valence-electron chi connectivity index (χ4n) is 4.00. The Labute approximate surface area is 192 Å². The van der Waals surface area contributed by atoms with E-state index in [0.29, 0.717) is 29.3 Å². The number of carbonyl (C=O) groups excluding carboxylic acids is 2. The molecule has 4 rings (SSSR count). The van der Waals surface area contributed by atoms with E-state index in [1.54, 1.807) is 30.0 Å². The molecule has 2 aromatic rings. The number of nitrogens with one attached hydrogen (secondary N) is 3. The zero-order valence-corrected chi connectivity index (χ0v) is 18.8. The summed E-state index contributed by atoms with van der Waals surface area (Å²) in [6.45, 7) is 0.622. The van der Waals surface area contributed by atoms with Crippen LogP contribution >= 0.6 is 11.8 Å². The van der Waals surface area contributed by atoms with Crippen LogP contribution in [0, 0.1) is 5.82 Å². The number of hydrogen-bond acceptors (Lipinski definition) is 4. The number of hydrogen-bond donors (Lipinski definition) is 3. The van der Waals surface area contributed by atoms with Crippen LogP contribution in [0.3, 0.4) is 0 Å². The van der Waals surface area contributed by atoms with Crippen LogP contribution in [-0.2, 0) is 10.5 Å². The fraction of sp³-hybridized carbons (Fsp3) is 0.360. The summed E-state index contributed by atoms with van der Waals surface area (Å²) in [6.07, 6.45) is 7.96. The van der Waals surface area contributed by atoms with Gasteiger partial charge in [-0.05, 0) is 68.0 Å². The molecular formula is C25H28FN3O2S. The number of allylic oxidation sites excluding steroid dienone is 1. The molecule has 1 aliphatic heterocycles. The molecule has 1 heterocycles. The summed E-state index contributed by atoms with van der Waals surface area (Å²) < 4.78 is 13.3. The Bertz CT molecular complexity index is 1020. The van der Waals surface area contributed by atoms with Crippen LogP contribution in [0.15, 0.2) is 54.1 Å². The molecule has 168 valence electrons. The Morgan fingerprint density at radius 1 is 1.16 bits per heavy atom. The second kappa shape index (κ2) is 10.7. The Hall–Kier alpha value is -2.80. The van der Waals surface area contributed by atoms with Crippen molar-refractivity contribution in [1.82, 2.24) is 5.32 Å². The standard InChI is InChI=1S/C25H28FN3O2S/c26-20-8-4-7-18(13-20)15-32-16-23-25(31)29-22-14-19(9-10-21(22)28-23)24(30)27-12-11-17-5-2-1-3-6-17/h4-5,7-10,13-14,23,28H,1-3,6,11-12,15-16H2,(H,27,30)(H,29,31). The van der Waals surface area contributed by atoms with Crippen molar-refractivity contribution >= 4 is 35.0 Å². The highest BCUT2D eigenvalue weighted by Crippen LogP contribution is 2.29. The lowest BCUT2D eigenvalue weighted by molar-refractivity contribution is -0.116. The number of fused-ring (bicyclic) bond motifs is 1. The van der Waals surface area contributed by atoms with E-state index < -0.39 is 0 Å². The molecule has 2 aromatic carbocycles. The highest BCUT2D eigenvalue weighted by molar-refractivity contribution is 7.98. The van der Waals surface area contributed by atoms with Gasteiger partial charge in [0.1, 0.15) is 11.9 Å². The molecule has 2 aliphatic rings. The maximum absolute atomic E-state index is 13.3. The molecule has 1 unspecified atom stereocenters. The Morgan fingerprint density at radius 2 is 2.06 bits per heavy atom. The van der Waals surface area contributed by atoms with Gasteiger partial charge in [0.2, 0.25) is 5.91 Å². The number of amides is 2. The second-order valence-corrected chi connectivity index (χ2v) is 9.24. The second-order valence-electron chi connectivity index (χ2n) is 8.21. The minimum Gasteiger partial charge on any atom is -0.371 e. The molecule has 0 aromatic heterocycles. The van der Waals surface area contributed by atoms with Crippen molar-refractivity contribution in [1.29, 1.82) is 0 Å². The van der Waals surface area contributed by atoms with Crippen LogP contribution in [0.2, 0.25) is 0 Å². The van der Waals surface area contributed by atoms with Gasteiger partial charge in [-0.25, -0.2) is 4.39 Å². The van der Waals surface area contributed by atoms with E-state index in [4.69, 9.17) is 0 Å². The highest BCUT2D eigenvalue weighted by Gasteiger charge is 2.26. The smallest absolute Gasteiger partial charge is 0.251 e. The first-order valence-electron chi connectivity index (χ1n) is 11.1. The lowest BCUT2D eigenvalue weighted by Crippen LogP contribution is -2.40. The molecule has 0 radical (unpaired) electrons. The maximum Gasteiger partial charge on any atom is 0.251 e. The molecule has 0 saturated carbocycles. The first-order chi connectivity index (χ1) is 15.6. The topological polar surface area (TPSA) is 70.2 Å². The first-order valence-corrected chi connectivity index (χ1v) is 12.2. The minimum atomic E-state index is -0.385. The van der Waals surface area contributed by atoms with Crippen LogP contribution in [0.1, 0.15) is 48.0 Å². The van der Waals surface area contributed by atoms with Gasteiger partial charge in [-0.2, -0.15) is 11.8 Å². The molecule has 3 N–H and O–H groups in total. The number of anilines is 2. The van der Waals surface area contributed by atoms with Crippen LogP contribution in [-0.4, -0.2) is 30.2 Å². The quantitative estimate of drug-likeness (QED) is 0.486. The molecule has 0 bridgehead atoms. The van der Waals surface area contributed by atoms with Gasteiger partial charge in [0.05, 0.1) is 11.4 Å². The summed E-state index contributed by atoms with van der Waals surface area (Å²) in [6, 6.07) is 11.4. The monoisotopic (exact) mass is 453 g/mol. The Balaban J connectivity index is 1.28. The van der Waals surface area contributed by atoms with E-state index in [0.717, 1.165) is 30.5 Å². The Morgan fingerprint density at radius 3 is 2.88 bits per heavy atom. The molecule has 0 fully saturated rings. The highest BCUT2D eigenvalue weighted by atomic mass is 32.2. The normalized spacial score (nSPS) is 17.6. The van der Waals surface area contributed by atoms with Crippen LogP contribution in [0.25, 0.3) is 0 Å². The van der Waals surface area contributed by atoms with E-state index in [1.165, 1.54) is 30.5 Å². The SMILES string of the molecule is O=C(NCCC1=CCCCC1)c1ccc2c(c1)NC(=O)C(CSCc1cccc(F)c1)N2. The van der Waals surface area contributed by atoms with Crippen molar-refractivity contribution in [3.63, 3.8) is 0 Å². The van der Waals surface area contributed by atoms with Crippen molar-refractivity contribution < 1.29 is 14.0 Å². The average Bonchev–Trinajstić information content (AvgIpc) is 2.80. The number of rotatable bonds is 8. The summed E-state index contributed by atoms with van der Waals surface area (Å²) in [5.74, 6) is 0.667. The molecule has 0 saturated heterocycles.